The molecular weight excluding hydrogens is 322 g/mol. The molecule has 0 unspecified atom stereocenters. The van der Waals surface area contributed by atoms with Crippen LogP contribution in [0, 0.1) is 0 Å². The lowest BCUT2D eigenvalue weighted by Gasteiger charge is -2.23. The highest BCUT2D eigenvalue weighted by Gasteiger charge is 2.15. The second-order valence-corrected chi connectivity index (χ2v) is 7.54. The van der Waals surface area contributed by atoms with Crippen molar-refractivity contribution in [2.75, 3.05) is 18.4 Å². The predicted molar refractivity (Wildman–Crippen MR) is 111 cm³/mol. The van der Waals surface area contributed by atoms with Gasteiger partial charge in [0.15, 0.2) is 0 Å². The average Bonchev–Trinajstić information content (AvgIpc) is 2.66. The fourth-order valence-electron chi connectivity index (χ4n) is 3.54. The summed E-state index contributed by atoms with van der Waals surface area (Å²) in [6.07, 6.45) is 14.0. The predicted octanol–water partition coefficient (Wildman–Crippen LogP) is 5.24. The van der Waals surface area contributed by atoms with Crippen LogP contribution in [-0.2, 0) is 6.42 Å². The molecule has 3 N–H and O–H groups in total. The standard InChI is InChI=1S/C22H37N3O/c1-2-3-4-5-6-7-8-9-10-19-11-13-20(14-12-19)24-22(26)25-21-15-17-23-18-16-21/h11-14,21,23H,2-10,15-18H2,1H3,(H2,24,25,26). The maximum Gasteiger partial charge on any atom is 0.319 e. The summed E-state index contributed by atoms with van der Waals surface area (Å²) in [4.78, 5) is 12.1. The van der Waals surface area contributed by atoms with Gasteiger partial charge in [0.2, 0.25) is 0 Å². The van der Waals surface area contributed by atoms with E-state index >= 15 is 0 Å². The van der Waals surface area contributed by atoms with E-state index in [-0.39, 0.29) is 12.1 Å². The Hall–Kier alpha value is -1.55. The van der Waals surface area contributed by atoms with E-state index in [2.05, 4.69) is 35.0 Å². The lowest BCUT2D eigenvalue weighted by Crippen LogP contribution is -2.44. The molecule has 0 aromatic heterocycles. The quantitative estimate of drug-likeness (QED) is 0.473. The summed E-state index contributed by atoms with van der Waals surface area (Å²) >= 11 is 0. The van der Waals surface area contributed by atoms with Crippen LogP contribution in [-0.4, -0.2) is 25.2 Å². The van der Waals surface area contributed by atoms with Crippen LogP contribution in [0.3, 0.4) is 0 Å². The Labute approximate surface area is 159 Å². The molecule has 0 aliphatic carbocycles. The first-order chi connectivity index (χ1) is 12.8. The van der Waals surface area contributed by atoms with Gasteiger partial charge in [0, 0.05) is 11.7 Å². The van der Waals surface area contributed by atoms with Crippen molar-refractivity contribution in [1.82, 2.24) is 10.6 Å². The molecule has 1 aromatic rings. The van der Waals surface area contributed by atoms with Crippen LogP contribution >= 0.6 is 0 Å². The van der Waals surface area contributed by atoms with Gasteiger partial charge in [0.05, 0.1) is 0 Å². The fraction of sp³-hybridized carbons (Fsp3) is 0.682. The first kappa shape index (κ1) is 20.8. The molecule has 0 bridgehead atoms. The summed E-state index contributed by atoms with van der Waals surface area (Å²) < 4.78 is 0. The number of rotatable bonds is 11. The van der Waals surface area contributed by atoms with Crippen LogP contribution in [0.25, 0.3) is 0 Å². The number of amides is 2. The SMILES string of the molecule is CCCCCCCCCCc1ccc(NC(=O)NC2CCNCC2)cc1. The second-order valence-electron chi connectivity index (χ2n) is 7.54. The van der Waals surface area contributed by atoms with Crippen molar-refractivity contribution in [3.63, 3.8) is 0 Å². The van der Waals surface area contributed by atoms with Gasteiger partial charge in [-0.15, -0.1) is 0 Å². The number of piperidine rings is 1. The molecule has 26 heavy (non-hydrogen) atoms. The molecule has 0 atom stereocenters. The molecule has 4 nitrogen and oxygen atoms in total. The Morgan fingerprint density at radius 2 is 1.58 bits per heavy atom. The highest BCUT2D eigenvalue weighted by atomic mass is 16.2. The normalized spacial score (nSPS) is 15.0. The molecule has 4 heteroatoms. The van der Waals surface area contributed by atoms with E-state index in [9.17, 15) is 4.79 Å². The van der Waals surface area contributed by atoms with Gasteiger partial charge in [-0.25, -0.2) is 4.79 Å². The van der Waals surface area contributed by atoms with Gasteiger partial charge in [-0.2, -0.15) is 0 Å². The van der Waals surface area contributed by atoms with Crippen LogP contribution in [0.15, 0.2) is 24.3 Å². The zero-order chi connectivity index (χ0) is 18.5. The Kier molecular flexibility index (Phi) is 10.2. The summed E-state index contributed by atoms with van der Waals surface area (Å²) in [6, 6.07) is 8.51. The summed E-state index contributed by atoms with van der Waals surface area (Å²) in [5, 5.41) is 9.31. The topological polar surface area (TPSA) is 53.2 Å². The van der Waals surface area contributed by atoms with Crippen molar-refractivity contribution in [2.24, 2.45) is 0 Å². The molecule has 0 saturated carbocycles. The summed E-state index contributed by atoms with van der Waals surface area (Å²) in [6.45, 7) is 4.23. The van der Waals surface area contributed by atoms with E-state index in [1.165, 1.54) is 56.9 Å². The number of aryl methyl sites for hydroxylation is 1. The van der Waals surface area contributed by atoms with Crippen molar-refractivity contribution in [2.45, 2.75) is 83.6 Å². The van der Waals surface area contributed by atoms with Crippen molar-refractivity contribution >= 4 is 11.7 Å². The first-order valence-electron chi connectivity index (χ1n) is 10.6. The second kappa shape index (κ2) is 12.7. The number of benzene rings is 1. The van der Waals surface area contributed by atoms with Crippen LogP contribution in [0.2, 0.25) is 0 Å². The Bertz CT molecular complexity index is 495. The van der Waals surface area contributed by atoms with Crippen LogP contribution in [0.5, 0.6) is 0 Å². The zero-order valence-corrected chi connectivity index (χ0v) is 16.5. The largest absolute Gasteiger partial charge is 0.335 e. The summed E-state index contributed by atoms with van der Waals surface area (Å²) in [5.74, 6) is 0. The smallest absolute Gasteiger partial charge is 0.319 e. The van der Waals surface area contributed by atoms with E-state index in [0.717, 1.165) is 38.0 Å². The number of hydrogen-bond acceptors (Lipinski definition) is 2. The van der Waals surface area contributed by atoms with E-state index in [1.807, 2.05) is 12.1 Å². The van der Waals surface area contributed by atoms with E-state index in [1.54, 1.807) is 0 Å². The molecule has 0 radical (unpaired) electrons. The van der Waals surface area contributed by atoms with E-state index < -0.39 is 0 Å². The first-order valence-corrected chi connectivity index (χ1v) is 10.6. The monoisotopic (exact) mass is 359 g/mol. The number of hydrogen-bond donors (Lipinski definition) is 3. The maximum absolute atomic E-state index is 12.1. The third kappa shape index (κ3) is 8.70. The molecular formula is C22H37N3O. The van der Waals surface area contributed by atoms with Crippen molar-refractivity contribution < 1.29 is 4.79 Å². The molecule has 1 saturated heterocycles. The average molecular weight is 360 g/mol. The van der Waals surface area contributed by atoms with Gasteiger partial charge < -0.3 is 16.0 Å². The third-order valence-corrected chi connectivity index (χ3v) is 5.21. The number of anilines is 1. The van der Waals surface area contributed by atoms with E-state index in [0.29, 0.717) is 0 Å². The number of nitrogens with one attached hydrogen (secondary N) is 3. The Balaban J connectivity index is 1.57. The van der Waals surface area contributed by atoms with Crippen molar-refractivity contribution in [3.05, 3.63) is 29.8 Å². The van der Waals surface area contributed by atoms with Gasteiger partial charge in [-0.3, -0.25) is 0 Å². The Morgan fingerprint density at radius 3 is 2.23 bits per heavy atom. The third-order valence-electron chi connectivity index (χ3n) is 5.21. The van der Waals surface area contributed by atoms with Gasteiger partial charge in [-0.05, 0) is 56.5 Å². The van der Waals surface area contributed by atoms with Crippen molar-refractivity contribution in [3.8, 4) is 0 Å². The Morgan fingerprint density at radius 1 is 0.962 bits per heavy atom. The molecule has 1 aliphatic heterocycles. The molecule has 2 rings (SSSR count). The van der Waals surface area contributed by atoms with Gasteiger partial charge in [0.1, 0.15) is 0 Å². The molecule has 0 spiro atoms. The lowest BCUT2D eigenvalue weighted by molar-refractivity contribution is 0.245. The van der Waals surface area contributed by atoms with Gasteiger partial charge in [0.25, 0.3) is 0 Å². The zero-order valence-electron chi connectivity index (χ0n) is 16.5. The molecule has 2 amide bonds. The maximum atomic E-state index is 12.1. The summed E-state index contributed by atoms with van der Waals surface area (Å²) in [5.41, 5.74) is 2.23. The highest BCUT2D eigenvalue weighted by Crippen LogP contribution is 2.14. The minimum Gasteiger partial charge on any atom is -0.335 e. The molecule has 1 fully saturated rings. The lowest BCUT2D eigenvalue weighted by atomic mass is 10.0. The molecule has 1 heterocycles. The number of urea groups is 1. The van der Waals surface area contributed by atoms with Crippen LogP contribution in [0.1, 0.15) is 76.7 Å². The highest BCUT2D eigenvalue weighted by molar-refractivity contribution is 5.89. The minimum atomic E-state index is -0.0901. The van der Waals surface area contributed by atoms with Gasteiger partial charge in [-0.1, -0.05) is 64.0 Å². The van der Waals surface area contributed by atoms with Crippen LogP contribution in [0.4, 0.5) is 10.5 Å². The number of unbranched alkanes of at least 4 members (excludes halogenated alkanes) is 7. The van der Waals surface area contributed by atoms with Crippen LogP contribution < -0.4 is 16.0 Å². The van der Waals surface area contributed by atoms with Gasteiger partial charge >= 0.3 is 6.03 Å². The molecule has 1 aromatic carbocycles. The summed E-state index contributed by atoms with van der Waals surface area (Å²) in [7, 11) is 0. The fourth-order valence-corrected chi connectivity index (χ4v) is 3.54. The molecule has 1 aliphatic rings. The number of carbonyl (C=O) groups excluding carboxylic acids is 1. The molecule has 146 valence electrons. The number of carbonyl (C=O) groups is 1. The minimum absolute atomic E-state index is 0.0901. The van der Waals surface area contributed by atoms with E-state index in [4.69, 9.17) is 0 Å². The van der Waals surface area contributed by atoms with Crippen molar-refractivity contribution in [1.29, 1.82) is 0 Å².